The van der Waals surface area contributed by atoms with Gasteiger partial charge in [0.15, 0.2) is 0 Å². The highest BCUT2D eigenvalue weighted by Crippen LogP contribution is 2.24. The Hall–Kier alpha value is -2.16. The number of hydrogen-bond acceptors (Lipinski definition) is 2. The van der Waals surface area contributed by atoms with Crippen LogP contribution in [-0.4, -0.2) is 10.9 Å². The molecule has 0 bridgehead atoms. The van der Waals surface area contributed by atoms with E-state index in [2.05, 4.69) is 42.3 Å². The van der Waals surface area contributed by atoms with Crippen LogP contribution < -0.4 is 5.32 Å². The van der Waals surface area contributed by atoms with Crippen molar-refractivity contribution >= 4 is 5.91 Å². The molecule has 1 N–H and O–H groups in total. The van der Waals surface area contributed by atoms with Crippen molar-refractivity contribution in [2.45, 2.75) is 33.7 Å². The first-order chi connectivity index (χ1) is 9.99. The third kappa shape index (κ3) is 3.69. The number of amides is 1. The summed E-state index contributed by atoms with van der Waals surface area (Å²) in [5.74, 6) is -0.00204. The molecule has 1 aromatic heterocycles. The van der Waals surface area contributed by atoms with Crippen molar-refractivity contribution in [1.29, 1.82) is 0 Å². The van der Waals surface area contributed by atoms with Gasteiger partial charge in [-0.3, -0.25) is 9.78 Å². The molecule has 0 aliphatic heterocycles. The highest BCUT2D eigenvalue weighted by Gasteiger charge is 2.19. The molecule has 2 aromatic rings. The maximum atomic E-state index is 12.1. The molecule has 0 saturated heterocycles. The zero-order valence-corrected chi connectivity index (χ0v) is 13.1. The quantitative estimate of drug-likeness (QED) is 0.931. The molecule has 0 aliphatic carbocycles. The second-order valence-electron chi connectivity index (χ2n) is 5.73. The normalized spacial score (nSPS) is 12.2. The van der Waals surface area contributed by atoms with E-state index in [0.29, 0.717) is 0 Å². The summed E-state index contributed by atoms with van der Waals surface area (Å²) in [4.78, 5) is 16.3. The average Bonchev–Trinajstić information content (AvgIpc) is 2.48. The predicted octanol–water partition coefficient (Wildman–Crippen LogP) is 3.56. The van der Waals surface area contributed by atoms with E-state index in [1.807, 2.05) is 26.0 Å². The van der Waals surface area contributed by atoms with Gasteiger partial charge in [-0.2, -0.15) is 0 Å². The van der Waals surface area contributed by atoms with Crippen LogP contribution in [0.1, 0.15) is 42.1 Å². The van der Waals surface area contributed by atoms with Gasteiger partial charge in [-0.1, -0.05) is 38.1 Å². The molecule has 0 spiro atoms. The van der Waals surface area contributed by atoms with Crippen molar-refractivity contribution in [2.24, 2.45) is 5.92 Å². The van der Waals surface area contributed by atoms with Crippen LogP contribution in [0.5, 0.6) is 0 Å². The smallest absolute Gasteiger partial charge is 0.223 e. The molecule has 0 saturated carbocycles. The lowest BCUT2D eigenvalue weighted by atomic mass is 9.96. The molecule has 21 heavy (non-hydrogen) atoms. The lowest BCUT2D eigenvalue weighted by molar-refractivity contribution is -0.124. The van der Waals surface area contributed by atoms with Gasteiger partial charge in [-0.15, -0.1) is 0 Å². The van der Waals surface area contributed by atoms with Crippen LogP contribution in [-0.2, 0) is 4.79 Å². The highest BCUT2D eigenvalue weighted by atomic mass is 16.1. The molecule has 1 amide bonds. The van der Waals surface area contributed by atoms with Gasteiger partial charge in [0.25, 0.3) is 0 Å². The number of aryl methyl sites for hydroxylation is 2. The van der Waals surface area contributed by atoms with E-state index in [4.69, 9.17) is 0 Å². The second kappa shape index (κ2) is 6.53. The number of benzene rings is 1. The number of nitrogens with one attached hydrogen (secondary N) is 1. The van der Waals surface area contributed by atoms with E-state index in [-0.39, 0.29) is 17.9 Å². The van der Waals surface area contributed by atoms with Crippen LogP contribution in [0, 0.1) is 19.8 Å². The molecule has 0 unspecified atom stereocenters. The number of carbonyl (C=O) groups is 1. The van der Waals surface area contributed by atoms with Gasteiger partial charge < -0.3 is 5.32 Å². The molecule has 2 rings (SSSR count). The molecule has 1 heterocycles. The minimum atomic E-state index is -0.159. The summed E-state index contributed by atoms with van der Waals surface area (Å²) < 4.78 is 0. The third-order valence-electron chi connectivity index (χ3n) is 3.69. The minimum absolute atomic E-state index is 0.0436. The van der Waals surface area contributed by atoms with Crippen LogP contribution in [0.25, 0.3) is 0 Å². The van der Waals surface area contributed by atoms with Crippen LogP contribution >= 0.6 is 0 Å². The van der Waals surface area contributed by atoms with E-state index < -0.39 is 0 Å². The fourth-order valence-corrected chi connectivity index (χ4v) is 2.16. The third-order valence-corrected chi connectivity index (χ3v) is 3.69. The Balaban J connectivity index is 2.40. The molecule has 110 valence electrons. The average molecular weight is 282 g/mol. The van der Waals surface area contributed by atoms with Gasteiger partial charge >= 0.3 is 0 Å². The second-order valence-corrected chi connectivity index (χ2v) is 5.73. The first-order valence-corrected chi connectivity index (χ1v) is 7.26. The number of hydrogen-bond donors (Lipinski definition) is 1. The Morgan fingerprint density at radius 2 is 1.86 bits per heavy atom. The lowest BCUT2D eigenvalue weighted by Crippen LogP contribution is -2.32. The maximum absolute atomic E-state index is 12.1. The van der Waals surface area contributed by atoms with Gasteiger partial charge in [-0.05, 0) is 42.2 Å². The van der Waals surface area contributed by atoms with Gasteiger partial charge in [0, 0.05) is 18.3 Å². The number of aromatic nitrogens is 1. The van der Waals surface area contributed by atoms with Gasteiger partial charge in [0.1, 0.15) is 0 Å². The number of carbonyl (C=O) groups excluding carboxylic acids is 1. The summed E-state index contributed by atoms with van der Waals surface area (Å²) >= 11 is 0. The van der Waals surface area contributed by atoms with Gasteiger partial charge in [0.05, 0.1) is 6.04 Å². The van der Waals surface area contributed by atoms with Gasteiger partial charge in [-0.25, -0.2) is 0 Å². The first-order valence-electron chi connectivity index (χ1n) is 7.26. The molecule has 3 heteroatoms. The summed E-state index contributed by atoms with van der Waals surface area (Å²) in [6.07, 6.45) is 3.55. The molecular formula is C18H22N2O. The number of pyridine rings is 1. The highest BCUT2D eigenvalue weighted by molar-refractivity contribution is 5.78. The first kappa shape index (κ1) is 15.2. The van der Waals surface area contributed by atoms with E-state index in [0.717, 1.165) is 11.1 Å². The summed E-state index contributed by atoms with van der Waals surface area (Å²) in [6.45, 7) is 7.97. The Bertz CT molecular complexity index is 620. The van der Waals surface area contributed by atoms with E-state index >= 15 is 0 Å². The Kier molecular flexibility index (Phi) is 4.73. The molecular weight excluding hydrogens is 260 g/mol. The van der Waals surface area contributed by atoms with Crippen molar-refractivity contribution in [3.63, 3.8) is 0 Å². The van der Waals surface area contributed by atoms with Crippen molar-refractivity contribution in [2.75, 3.05) is 0 Å². The predicted molar refractivity (Wildman–Crippen MR) is 85.0 cm³/mol. The van der Waals surface area contributed by atoms with Crippen LogP contribution in [0.2, 0.25) is 0 Å². The molecule has 3 nitrogen and oxygen atoms in total. The van der Waals surface area contributed by atoms with E-state index in [1.165, 1.54) is 11.1 Å². The van der Waals surface area contributed by atoms with E-state index in [1.54, 1.807) is 12.4 Å². The monoisotopic (exact) mass is 282 g/mol. The van der Waals surface area contributed by atoms with Crippen LogP contribution in [0.3, 0.4) is 0 Å². The lowest BCUT2D eigenvalue weighted by Gasteiger charge is -2.21. The Labute approximate surface area is 126 Å². The molecule has 0 radical (unpaired) electrons. The molecule has 0 aliphatic rings. The van der Waals surface area contributed by atoms with Crippen molar-refractivity contribution in [3.05, 3.63) is 65.0 Å². The van der Waals surface area contributed by atoms with Crippen LogP contribution in [0.15, 0.2) is 42.7 Å². The van der Waals surface area contributed by atoms with Gasteiger partial charge in [0.2, 0.25) is 5.91 Å². The largest absolute Gasteiger partial charge is 0.345 e. The molecule has 1 atom stereocenters. The van der Waals surface area contributed by atoms with Crippen molar-refractivity contribution < 1.29 is 4.79 Å². The molecule has 0 fully saturated rings. The summed E-state index contributed by atoms with van der Waals surface area (Å²) in [7, 11) is 0. The summed E-state index contributed by atoms with van der Waals surface area (Å²) in [6, 6.07) is 10.0. The number of rotatable bonds is 4. The zero-order chi connectivity index (χ0) is 15.4. The summed E-state index contributed by atoms with van der Waals surface area (Å²) in [5.41, 5.74) is 4.55. The standard InChI is InChI=1S/C18H22N2O/c1-12(2)18(21)20-17(16-6-5-9-19-11-16)15-8-7-13(3)14(4)10-15/h5-12,17H,1-4H3,(H,20,21)/t17-/m1/s1. The molecule has 1 aromatic carbocycles. The van der Waals surface area contributed by atoms with Crippen LogP contribution in [0.4, 0.5) is 0 Å². The number of nitrogens with zero attached hydrogens (tertiary/aromatic N) is 1. The fraction of sp³-hybridized carbons (Fsp3) is 0.333. The minimum Gasteiger partial charge on any atom is -0.345 e. The van der Waals surface area contributed by atoms with Crippen molar-refractivity contribution in [3.8, 4) is 0 Å². The Morgan fingerprint density at radius 1 is 1.10 bits per heavy atom. The maximum Gasteiger partial charge on any atom is 0.223 e. The SMILES string of the molecule is Cc1ccc([C@@H](NC(=O)C(C)C)c2cccnc2)cc1C. The topological polar surface area (TPSA) is 42.0 Å². The van der Waals surface area contributed by atoms with Crippen molar-refractivity contribution in [1.82, 2.24) is 10.3 Å². The fourth-order valence-electron chi connectivity index (χ4n) is 2.16. The Morgan fingerprint density at radius 3 is 2.43 bits per heavy atom. The summed E-state index contributed by atoms with van der Waals surface area (Å²) in [5, 5.41) is 3.12. The van der Waals surface area contributed by atoms with E-state index in [9.17, 15) is 4.79 Å². The zero-order valence-electron chi connectivity index (χ0n) is 13.1.